The van der Waals surface area contributed by atoms with Crippen LogP contribution in [0.15, 0.2) is 91.0 Å². The molecule has 7 rings (SSSR count). The van der Waals surface area contributed by atoms with E-state index < -0.39 is 0 Å². The lowest BCUT2D eigenvalue weighted by Crippen LogP contribution is -1.98. The Morgan fingerprint density at radius 3 is 1.66 bits per heavy atom. The van der Waals surface area contributed by atoms with Gasteiger partial charge in [-0.2, -0.15) is 0 Å². The van der Waals surface area contributed by atoms with Crippen molar-refractivity contribution in [3.05, 3.63) is 108 Å². The van der Waals surface area contributed by atoms with E-state index in [1.54, 1.807) is 0 Å². The van der Waals surface area contributed by atoms with Gasteiger partial charge in [0.2, 0.25) is 0 Å². The first-order valence-electron chi connectivity index (χ1n) is 12.3. The first-order valence-corrected chi connectivity index (χ1v) is 12.3. The van der Waals surface area contributed by atoms with Crippen LogP contribution in [0.1, 0.15) is 16.7 Å². The number of aromatic nitrogens is 1. The fourth-order valence-corrected chi connectivity index (χ4v) is 6.28. The molecular weight excluding hydrogens is 422 g/mol. The van der Waals surface area contributed by atoms with E-state index in [0.29, 0.717) is 0 Å². The van der Waals surface area contributed by atoms with E-state index in [0.717, 1.165) is 0 Å². The van der Waals surface area contributed by atoms with Crippen LogP contribution in [0.3, 0.4) is 0 Å². The third-order valence-corrected chi connectivity index (χ3v) is 7.76. The highest BCUT2D eigenvalue weighted by molar-refractivity contribution is 6.14. The Morgan fingerprint density at radius 1 is 0.457 bits per heavy atom. The Morgan fingerprint density at radius 2 is 1.00 bits per heavy atom. The Balaban J connectivity index is 1.72. The van der Waals surface area contributed by atoms with Crippen LogP contribution in [0.25, 0.3) is 66.3 Å². The van der Waals surface area contributed by atoms with E-state index in [2.05, 4.69) is 123 Å². The molecule has 1 heterocycles. The van der Waals surface area contributed by atoms with Crippen LogP contribution < -0.4 is 0 Å². The molecule has 1 nitrogen and oxygen atoms in total. The number of fused-ring (bicyclic) bond motifs is 11. The molecule has 0 atom stereocenters. The summed E-state index contributed by atoms with van der Waals surface area (Å²) in [5.74, 6) is 0. The van der Waals surface area contributed by atoms with Crippen LogP contribution in [-0.4, -0.2) is 4.57 Å². The van der Waals surface area contributed by atoms with Crippen LogP contribution in [0, 0.1) is 20.8 Å². The fourth-order valence-electron chi connectivity index (χ4n) is 6.28. The predicted molar refractivity (Wildman–Crippen MR) is 150 cm³/mol. The van der Waals surface area contributed by atoms with Gasteiger partial charge in [0.15, 0.2) is 0 Å². The second-order valence-electron chi connectivity index (χ2n) is 10.1. The van der Waals surface area contributed by atoms with Crippen molar-refractivity contribution in [3.8, 4) is 44.5 Å². The van der Waals surface area contributed by atoms with Crippen molar-refractivity contribution >= 4 is 21.8 Å². The van der Waals surface area contributed by atoms with Gasteiger partial charge >= 0.3 is 0 Å². The van der Waals surface area contributed by atoms with Crippen LogP contribution in [-0.2, 0) is 7.05 Å². The van der Waals surface area contributed by atoms with Crippen molar-refractivity contribution in [1.29, 1.82) is 0 Å². The van der Waals surface area contributed by atoms with E-state index in [-0.39, 0.29) is 0 Å². The lowest BCUT2D eigenvalue weighted by molar-refractivity contribution is 1.01. The van der Waals surface area contributed by atoms with E-state index in [1.165, 1.54) is 83.0 Å². The molecule has 1 aromatic heterocycles. The average molecular weight is 450 g/mol. The van der Waals surface area contributed by atoms with Gasteiger partial charge in [-0.05, 0) is 89.0 Å². The van der Waals surface area contributed by atoms with Crippen molar-refractivity contribution < 1.29 is 0 Å². The minimum atomic E-state index is 1.28. The standard InChI is InChI=1S/C34H27N/c1-20-13-14-27-25-11-6-5-9-23(25)24-10-7-8-12-26(24)29-18-31-32-17-21(2)15-22(3)34(32)35(4)33(31)19-30(29)28(27)16-20/h5-19H,1-4H3. The quantitative estimate of drug-likeness (QED) is 0.217. The lowest BCUT2D eigenvalue weighted by atomic mass is 9.80. The van der Waals surface area contributed by atoms with Crippen LogP contribution in [0.2, 0.25) is 0 Å². The maximum Gasteiger partial charge on any atom is 0.0518 e. The average Bonchev–Trinajstić information content (AvgIpc) is 3.13. The predicted octanol–water partition coefficient (Wildman–Crippen LogP) is 9.24. The molecule has 0 spiro atoms. The smallest absolute Gasteiger partial charge is 0.0518 e. The molecule has 0 radical (unpaired) electrons. The van der Waals surface area contributed by atoms with E-state index in [9.17, 15) is 0 Å². The van der Waals surface area contributed by atoms with Gasteiger partial charge in [-0.25, -0.2) is 0 Å². The molecule has 0 bridgehead atoms. The van der Waals surface area contributed by atoms with E-state index >= 15 is 0 Å². The van der Waals surface area contributed by atoms with E-state index in [4.69, 9.17) is 0 Å². The van der Waals surface area contributed by atoms with Gasteiger partial charge < -0.3 is 4.57 Å². The van der Waals surface area contributed by atoms with Crippen molar-refractivity contribution in [1.82, 2.24) is 4.57 Å². The van der Waals surface area contributed by atoms with Gasteiger partial charge in [0.05, 0.1) is 5.52 Å². The summed E-state index contributed by atoms with van der Waals surface area (Å²) in [6.45, 7) is 6.62. The molecule has 0 N–H and O–H groups in total. The molecule has 5 aromatic carbocycles. The number of hydrogen-bond donors (Lipinski definition) is 0. The Bertz CT molecular complexity index is 1830. The molecule has 0 unspecified atom stereocenters. The van der Waals surface area contributed by atoms with Crippen LogP contribution in [0.5, 0.6) is 0 Å². The highest BCUT2D eigenvalue weighted by Crippen LogP contribution is 2.49. The maximum atomic E-state index is 2.45. The summed E-state index contributed by atoms with van der Waals surface area (Å²) in [6, 6.07) is 34.2. The molecule has 1 aliphatic carbocycles. The molecule has 6 aromatic rings. The summed E-state index contributed by atoms with van der Waals surface area (Å²) in [6.07, 6.45) is 0. The third-order valence-electron chi connectivity index (χ3n) is 7.76. The van der Waals surface area contributed by atoms with Crippen molar-refractivity contribution in [2.75, 3.05) is 0 Å². The summed E-state index contributed by atoms with van der Waals surface area (Å²) in [5.41, 5.74) is 16.9. The zero-order valence-electron chi connectivity index (χ0n) is 20.6. The molecule has 0 aliphatic heterocycles. The summed E-state index contributed by atoms with van der Waals surface area (Å²) >= 11 is 0. The maximum absolute atomic E-state index is 2.45. The molecule has 1 heteroatoms. The van der Waals surface area contributed by atoms with Gasteiger partial charge in [-0.15, -0.1) is 0 Å². The number of hydrogen-bond acceptors (Lipinski definition) is 0. The highest BCUT2D eigenvalue weighted by Gasteiger charge is 2.23. The molecule has 35 heavy (non-hydrogen) atoms. The summed E-state index contributed by atoms with van der Waals surface area (Å²) in [5, 5.41) is 2.66. The topological polar surface area (TPSA) is 4.93 Å². The Kier molecular flexibility index (Phi) is 4.17. The van der Waals surface area contributed by atoms with Gasteiger partial charge in [0.25, 0.3) is 0 Å². The monoisotopic (exact) mass is 449 g/mol. The number of rotatable bonds is 0. The molecular formula is C34H27N. The van der Waals surface area contributed by atoms with Gasteiger partial charge in [0.1, 0.15) is 0 Å². The summed E-state index contributed by atoms with van der Waals surface area (Å²) in [4.78, 5) is 0. The summed E-state index contributed by atoms with van der Waals surface area (Å²) < 4.78 is 2.38. The molecule has 0 amide bonds. The second kappa shape index (κ2) is 7.20. The second-order valence-corrected chi connectivity index (χ2v) is 10.1. The normalized spacial score (nSPS) is 12.0. The zero-order valence-corrected chi connectivity index (χ0v) is 20.6. The first-order chi connectivity index (χ1) is 17.0. The van der Waals surface area contributed by atoms with Crippen molar-refractivity contribution in [3.63, 3.8) is 0 Å². The number of benzene rings is 5. The first kappa shape index (κ1) is 20.3. The van der Waals surface area contributed by atoms with Crippen LogP contribution in [0.4, 0.5) is 0 Å². The SMILES string of the molecule is Cc1ccc2c(c1)-c1cc3c(cc1-c1ccccc1-c1ccccc1-2)c1cc(C)cc(C)c1n3C. The minimum Gasteiger partial charge on any atom is -0.343 e. The minimum absolute atomic E-state index is 1.28. The molecule has 0 fully saturated rings. The Labute approximate surface area is 206 Å². The number of aryl methyl sites for hydroxylation is 4. The molecule has 0 saturated heterocycles. The molecule has 168 valence electrons. The summed E-state index contributed by atoms with van der Waals surface area (Å²) in [7, 11) is 2.21. The molecule has 0 saturated carbocycles. The third kappa shape index (κ3) is 2.82. The van der Waals surface area contributed by atoms with Crippen molar-refractivity contribution in [2.24, 2.45) is 7.05 Å². The highest BCUT2D eigenvalue weighted by atomic mass is 14.9. The fraction of sp³-hybridized carbons (Fsp3) is 0.118. The van der Waals surface area contributed by atoms with Gasteiger partial charge in [-0.1, -0.05) is 83.9 Å². The largest absolute Gasteiger partial charge is 0.343 e. The molecule has 1 aliphatic rings. The van der Waals surface area contributed by atoms with Gasteiger partial charge in [-0.3, -0.25) is 0 Å². The van der Waals surface area contributed by atoms with E-state index in [1.807, 2.05) is 0 Å². The lowest BCUT2D eigenvalue weighted by Gasteiger charge is -2.23. The Hall–Kier alpha value is -4.10. The zero-order chi connectivity index (χ0) is 23.8. The van der Waals surface area contributed by atoms with Gasteiger partial charge in [0, 0.05) is 23.3 Å². The number of nitrogens with zero attached hydrogens (tertiary/aromatic N) is 1. The van der Waals surface area contributed by atoms with Crippen LogP contribution >= 0.6 is 0 Å². The van der Waals surface area contributed by atoms with Crippen molar-refractivity contribution in [2.45, 2.75) is 20.8 Å².